The standard InChI is InChI=1S/C59H38N2OS/c1-4-15-39(16-5-1)40-27-31-45(32-28-40)61(46-33-29-43(30-34-46)49-25-14-22-41-19-10-11-23-48(41)49)47-35-36-51(52(37-47)42-17-6-2-7-18-42)56-57-53(50-24-12-13-26-55(50)62-57)38-54-58(56)63-59(60-54)44-20-8-3-9-21-44/h1-38H. The van der Waals surface area contributed by atoms with Gasteiger partial charge < -0.3 is 9.32 Å². The van der Waals surface area contributed by atoms with Crippen molar-refractivity contribution in [1.82, 2.24) is 4.98 Å². The quantitative estimate of drug-likeness (QED) is 0.153. The van der Waals surface area contributed by atoms with Gasteiger partial charge >= 0.3 is 0 Å². The molecule has 2 aromatic heterocycles. The number of fused-ring (bicyclic) bond motifs is 5. The fourth-order valence-electron chi connectivity index (χ4n) is 9.09. The highest BCUT2D eigenvalue weighted by molar-refractivity contribution is 7.22. The number of furan rings is 1. The van der Waals surface area contributed by atoms with E-state index in [2.05, 4.69) is 229 Å². The van der Waals surface area contributed by atoms with Crippen molar-refractivity contribution >= 4 is 71.3 Å². The number of benzene rings is 10. The molecule has 0 aliphatic heterocycles. The summed E-state index contributed by atoms with van der Waals surface area (Å²) < 4.78 is 7.96. The van der Waals surface area contributed by atoms with E-state index in [1.165, 1.54) is 33.0 Å². The van der Waals surface area contributed by atoms with Gasteiger partial charge in [-0.05, 0) is 98.2 Å². The van der Waals surface area contributed by atoms with E-state index >= 15 is 0 Å². The number of para-hydroxylation sites is 1. The molecule has 4 heteroatoms. The van der Waals surface area contributed by atoms with Gasteiger partial charge in [0.05, 0.1) is 10.2 Å². The van der Waals surface area contributed by atoms with Crippen LogP contribution >= 0.6 is 11.3 Å². The van der Waals surface area contributed by atoms with Crippen LogP contribution in [-0.2, 0) is 0 Å². The first-order valence-corrected chi connectivity index (χ1v) is 22.1. The molecule has 0 aliphatic carbocycles. The summed E-state index contributed by atoms with van der Waals surface area (Å²) in [5.41, 5.74) is 16.1. The van der Waals surface area contributed by atoms with Gasteiger partial charge in [-0.2, -0.15) is 0 Å². The Hall–Kier alpha value is -8.05. The molecule has 63 heavy (non-hydrogen) atoms. The van der Waals surface area contributed by atoms with Crippen LogP contribution in [0.5, 0.6) is 0 Å². The van der Waals surface area contributed by atoms with E-state index in [0.29, 0.717) is 0 Å². The van der Waals surface area contributed by atoms with Gasteiger partial charge in [-0.15, -0.1) is 11.3 Å². The number of thiazole rings is 1. The fourth-order valence-corrected chi connectivity index (χ4v) is 10.2. The molecule has 0 N–H and O–H groups in total. The van der Waals surface area contributed by atoms with Gasteiger partial charge in [0, 0.05) is 39.0 Å². The molecule has 0 bridgehead atoms. The van der Waals surface area contributed by atoms with Gasteiger partial charge in [-0.1, -0.05) is 182 Å². The lowest BCUT2D eigenvalue weighted by Crippen LogP contribution is -2.10. The van der Waals surface area contributed by atoms with Crippen molar-refractivity contribution in [2.75, 3.05) is 4.90 Å². The van der Waals surface area contributed by atoms with Crippen LogP contribution in [0.1, 0.15) is 0 Å². The first-order chi connectivity index (χ1) is 31.2. The lowest BCUT2D eigenvalue weighted by molar-refractivity contribution is 0.670. The van der Waals surface area contributed by atoms with Crippen molar-refractivity contribution < 1.29 is 4.42 Å². The maximum atomic E-state index is 6.86. The normalized spacial score (nSPS) is 11.5. The van der Waals surface area contributed by atoms with Gasteiger partial charge in [0.2, 0.25) is 0 Å². The largest absolute Gasteiger partial charge is 0.455 e. The van der Waals surface area contributed by atoms with E-state index in [-0.39, 0.29) is 0 Å². The minimum Gasteiger partial charge on any atom is -0.455 e. The zero-order valence-corrected chi connectivity index (χ0v) is 35.0. The van der Waals surface area contributed by atoms with Gasteiger partial charge in [0.15, 0.2) is 0 Å². The van der Waals surface area contributed by atoms with E-state index in [4.69, 9.17) is 9.40 Å². The zero-order valence-electron chi connectivity index (χ0n) is 34.2. The number of aromatic nitrogens is 1. The Morgan fingerprint density at radius 3 is 1.67 bits per heavy atom. The van der Waals surface area contributed by atoms with Crippen molar-refractivity contribution in [3.8, 4) is 55.1 Å². The minimum absolute atomic E-state index is 0.865. The Morgan fingerprint density at radius 1 is 0.381 bits per heavy atom. The second kappa shape index (κ2) is 15.4. The van der Waals surface area contributed by atoms with E-state index < -0.39 is 0 Å². The summed E-state index contributed by atoms with van der Waals surface area (Å²) in [5.74, 6) is 0. The van der Waals surface area contributed by atoms with E-state index in [1.54, 1.807) is 11.3 Å². The van der Waals surface area contributed by atoms with Crippen LogP contribution < -0.4 is 4.90 Å². The molecule has 0 unspecified atom stereocenters. The van der Waals surface area contributed by atoms with Crippen molar-refractivity contribution in [3.63, 3.8) is 0 Å². The van der Waals surface area contributed by atoms with Crippen molar-refractivity contribution in [3.05, 3.63) is 231 Å². The summed E-state index contributed by atoms with van der Waals surface area (Å²) in [6.45, 7) is 0. The molecule has 12 aromatic rings. The van der Waals surface area contributed by atoms with Crippen LogP contribution in [-0.4, -0.2) is 4.98 Å². The molecule has 12 rings (SSSR count). The molecule has 0 saturated heterocycles. The first kappa shape index (κ1) is 36.8. The SMILES string of the molecule is c1ccc(-c2ccc(N(c3ccc(-c4cccc5ccccc45)cc3)c3ccc(-c4c5oc6ccccc6c5cc5nc(-c6ccccc6)sc45)c(-c4ccccc4)c3)cc2)cc1. The van der Waals surface area contributed by atoms with Gasteiger partial charge in [0.1, 0.15) is 16.2 Å². The van der Waals surface area contributed by atoms with Crippen molar-refractivity contribution in [2.45, 2.75) is 0 Å². The maximum absolute atomic E-state index is 6.86. The summed E-state index contributed by atoms with van der Waals surface area (Å²) in [6, 6.07) is 82.3. The van der Waals surface area contributed by atoms with Crippen molar-refractivity contribution in [2.24, 2.45) is 0 Å². The molecule has 0 amide bonds. The Labute approximate surface area is 369 Å². The molecule has 296 valence electrons. The van der Waals surface area contributed by atoms with Gasteiger partial charge in [-0.25, -0.2) is 4.98 Å². The van der Waals surface area contributed by atoms with E-state index in [9.17, 15) is 0 Å². The highest BCUT2D eigenvalue weighted by Gasteiger charge is 2.24. The van der Waals surface area contributed by atoms with Crippen LogP contribution in [0.3, 0.4) is 0 Å². The Bertz CT molecular complexity index is 3590. The second-order valence-corrected chi connectivity index (χ2v) is 16.9. The molecular weight excluding hydrogens is 785 g/mol. The lowest BCUT2D eigenvalue weighted by atomic mass is 9.92. The first-order valence-electron chi connectivity index (χ1n) is 21.3. The highest BCUT2D eigenvalue weighted by atomic mass is 32.1. The molecule has 0 saturated carbocycles. The number of anilines is 3. The molecule has 0 spiro atoms. The maximum Gasteiger partial charge on any atom is 0.144 e. The third-order valence-corrected chi connectivity index (χ3v) is 13.3. The monoisotopic (exact) mass is 822 g/mol. The molecule has 0 aliphatic rings. The molecule has 0 radical (unpaired) electrons. The molecule has 0 atom stereocenters. The van der Waals surface area contributed by atoms with Crippen LogP contribution in [0.4, 0.5) is 17.1 Å². The molecule has 2 heterocycles. The summed E-state index contributed by atoms with van der Waals surface area (Å²) in [6.07, 6.45) is 0. The average molecular weight is 823 g/mol. The summed E-state index contributed by atoms with van der Waals surface area (Å²) in [7, 11) is 0. The topological polar surface area (TPSA) is 29.3 Å². The van der Waals surface area contributed by atoms with Gasteiger partial charge in [-0.3, -0.25) is 0 Å². The second-order valence-electron chi connectivity index (χ2n) is 15.9. The fraction of sp³-hybridized carbons (Fsp3) is 0. The van der Waals surface area contributed by atoms with Crippen LogP contribution in [0.2, 0.25) is 0 Å². The Morgan fingerprint density at radius 2 is 0.937 bits per heavy atom. The molecule has 10 aromatic carbocycles. The summed E-state index contributed by atoms with van der Waals surface area (Å²) in [5, 5.41) is 5.61. The zero-order chi connectivity index (χ0) is 41.7. The van der Waals surface area contributed by atoms with Crippen LogP contribution in [0, 0.1) is 0 Å². The molecule has 0 fully saturated rings. The lowest BCUT2D eigenvalue weighted by Gasteiger charge is -2.27. The van der Waals surface area contributed by atoms with Crippen molar-refractivity contribution in [1.29, 1.82) is 0 Å². The Balaban J connectivity index is 1.07. The molecular formula is C59H38N2OS. The third kappa shape index (κ3) is 6.56. The minimum atomic E-state index is 0.865. The number of hydrogen-bond donors (Lipinski definition) is 0. The number of hydrogen-bond acceptors (Lipinski definition) is 4. The van der Waals surface area contributed by atoms with E-state index in [1.807, 2.05) is 6.07 Å². The predicted molar refractivity (Wildman–Crippen MR) is 266 cm³/mol. The number of rotatable bonds is 8. The van der Waals surface area contributed by atoms with E-state index in [0.717, 1.165) is 82.0 Å². The van der Waals surface area contributed by atoms with Gasteiger partial charge in [0.25, 0.3) is 0 Å². The molecule has 3 nitrogen and oxygen atoms in total. The Kier molecular flexibility index (Phi) is 9.02. The number of nitrogens with zero attached hydrogens (tertiary/aromatic N) is 2. The average Bonchev–Trinajstić information content (AvgIpc) is 3.96. The summed E-state index contributed by atoms with van der Waals surface area (Å²) in [4.78, 5) is 7.65. The summed E-state index contributed by atoms with van der Waals surface area (Å²) >= 11 is 1.72. The third-order valence-electron chi connectivity index (χ3n) is 12.1. The van der Waals surface area contributed by atoms with Crippen LogP contribution in [0.25, 0.3) is 98.0 Å². The predicted octanol–water partition coefficient (Wildman–Crippen LogP) is 17.2. The smallest absolute Gasteiger partial charge is 0.144 e. The van der Waals surface area contributed by atoms with Crippen LogP contribution in [0.15, 0.2) is 235 Å². The highest BCUT2D eigenvalue weighted by Crippen LogP contribution is 2.49.